The predicted octanol–water partition coefficient (Wildman–Crippen LogP) is 5.00. The average Bonchev–Trinajstić information content (AvgIpc) is 2.49. The molecule has 22 heavy (non-hydrogen) atoms. The van der Waals surface area contributed by atoms with Crippen LogP contribution in [0.1, 0.15) is 34.8 Å². The first kappa shape index (κ1) is 16.4. The van der Waals surface area contributed by atoms with Crippen LogP contribution in [0.2, 0.25) is 5.02 Å². The fourth-order valence-electron chi connectivity index (χ4n) is 2.04. The number of halogens is 1. The number of aryl methyl sites for hydroxylation is 2. The van der Waals surface area contributed by atoms with Gasteiger partial charge in [0.1, 0.15) is 5.75 Å². The van der Waals surface area contributed by atoms with Crippen molar-refractivity contribution in [1.82, 2.24) is 0 Å². The first-order valence-electron chi connectivity index (χ1n) is 7.32. The van der Waals surface area contributed by atoms with Crippen LogP contribution in [-0.4, -0.2) is 12.5 Å². The van der Waals surface area contributed by atoms with Crippen LogP contribution in [0, 0.1) is 13.8 Å². The van der Waals surface area contributed by atoms with Gasteiger partial charge in [0.15, 0.2) is 0 Å². The lowest BCUT2D eigenvalue weighted by atomic mass is 10.1. The second-order valence-corrected chi connectivity index (χ2v) is 5.68. The fraction of sp³-hybridized carbons (Fsp3) is 0.278. The van der Waals surface area contributed by atoms with Gasteiger partial charge in [0, 0.05) is 10.7 Å². The highest BCUT2D eigenvalue weighted by Crippen LogP contribution is 2.25. The minimum atomic E-state index is -0.225. The number of carbonyl (C=O) groups is 1. The zero-order chi connectivity index (χ0) is 16.1. The van der Waals surface area contributed by atoms with Gasteiger partial charge in [-0.2, -0.15) is 0 Å². The molecule has 1 amide bonds. The van der Waals surface area contributed by atoms with Crippen LogP contribution in [0.25, 0.3) is 0 Å². The lowest BCUT2D eigenvalue weighted by molar-refractivity contribution is 0.102. The van der Waals surface area contributed by atoms with E-state index in [1.54, 1.807) is 18.2 Å². The molecule has 0 heterocycles. The van der Waals surface area contributed by atoms with E-state index in [0.717, 1.165) is 17.7 Å². The standard InChI is InChI=1S/C18H20ClNO2/c1-4-9-22-17-8-6-14(19)11-16(17)18(21)20-15-7-5-12(2)13(3)10-15/h5-8,10-11H,4,9H2,1-3H3,(H,20,21). The molecule has 0 aliphatic rings. The summed E-state index contributed by atoms with van der Waals surface area (Å²) in [5.74, 6) is 0.324. The van der Waals surface area contributed by atoms with Gasteiger partial charge in [0.25, 0.3) is 5.91 Å². The molecule has 2 aromatic rings. The van der Waals surface area contributed by atoms with Crippen molar-refractivity contribution in [3.63, 3.8) is 0 Å². The lowest BCUT2D eigenvalue weighted by Gasteiger charge is -2.12. The molecule has 0 fully saturated rings. The summed E-state index contributed by atoms with van der Waals surface area (Å²) in [6.07, 6.45) is 0.876. The minimum absolute atomic E-state index is 0.225. The highest BCUT2D eigenvalue weighted by molar-refractivity contribution is 6.31. The van der Waals surface area contributed by atoms with E-state index in [-0.39, 0.29) is 5.91 Å². The summed E-state index contributed by atoms with van der Waals surface area (Å²) in [6.45, 7) is 6.63. The molecule has 0 unspecified atom stereocenters. The number of rotatable bonds is 5. The highest BCUT2D eigenvalue weighted by Gasteiger charge is 2.14. The van der Waals surface area contributed by atoms with Crippen molar-refractivity contribution in [2.75, 3.05) is 11.9 Å². The largest absolute Gasteiger partial charge is 0.493 e. The Balaban J connectivity index is 2.24. The smallest absolute Gasteiger partial charge is 0.259 e. The van der Waals surface area contributed by atoms with E-state index in [2.05, 4.69) is 5.32 Å². The zero-order valence-corrected chi connectivity index (χ0v) is 13.8. The Kier molecular flexibility index (Phi) is 5.45. The van der Waals surface area contributed by atoms with Gasteiger partial charge >= 0.3 is 0 Å². The van der Waals surface area contributed by atoms with Crippen LogP contribution in [0.3, 0.4) is 0 Å². The molecular formula is C18H20ClNO2. The first-order valence-corrected chi connectivity index (χ1v) is 7.70. The Hall–Kier alpha value is -2.00. The molecular weight excluding hydrogens is 298 g/mol. The van der Waals surface area contributed by atoms with Gasteiger partial charge in [0.2, 0.25) is 0 Å². The van der Waals surface area contributed by atoms with Gasteiger partial charge in [-0.3, -0.25) is 4.79 Å². The van der Waals surface area contributed by atoms with E-state index in [0.29, 0.717) is 22.9 Å². The molecule has 0 atom stereocenters. The number of hydrogen-bond donors (Lipinski definition) is 1. The van der Waals surface area contributed by atoms with Gasteiger partial charge < -0.3 is 10.1 Å². The van der Waals surface area contributed by atoms with Crippen molar-refractivity contribution < 1.29 is 9.53 Å². The number of hydrogen-bond acceptors (Lipinski definition) is 2. The van der Waals surface area contributed by atoms with Crippen LogP contribution in [0.5, 0.6) is 5.75 Å². The Morgan fingerprint density at radius 2 is 1.91 bits per heavy atom. The van der Waals surface area contributed by atoms with Gasteiger partial charge in [-0.1, -0.05) is 24.6 Å². The first-order chi connectivity index (χ1) is 10.5. The summed E-state index contributed by atoms with van der Waals surface area (Å²) >= 11 is 6.01. The summed E-state index contributed by atoms with van der Waals surface area (Å²) in [5, 5.41) is 3.40. The molecule has 3 nitrogen and oxygen atoms in total. The molecule has 1 N–H and O–H groups in total. The fourth-order valence-corrected chi connectivity index (χ4v) is 2.21. The number of anilines is 1. The molecule has 0 spiro atoms. The molecule has 4 heteroatoms. The van der Waals surface area contributed by atoms with Crippen molar-refractivity contribution in [2.45, 2.75) is 27.2 Å². The van der Waals surface area contributed by atoms with E-state index < -0.39 is 0 Å². The van der Waals surface area contributed by atoms with E-state index >= 15 is 0 Å². The molecule has 0 bridgehead atoms. The Bertz CT molecular complexity index is 683. The van der Waals surface area contributed by atoms with Gasteiger partial charge in [-0.15, -0.1) is 0 Å². The Morgan fingerprint density at radius 3 is 2.59 bits per heavy atom. The van der Waals surface area contributed by atoms with Crippen molar-refractivity contribution >= 4 is 23.2 Å². The topological polar surface area (TPSA) is 38.3 Å². The van der Waals surface area contributed by atoms with Crippen LogP contribution < -0.4 is 10.1 Å². The third kappa shape index (κ3) is 4.01. The van der Waals surface area contributed by atoms with Crippen molar-refractivity contribution in [1.29, 1.82) is 0 Å². The van der Waals surface area contributed by atoms with Crippen molar-refractivity contribution in [3.05, 3.63) is 58.1 Å². The third-order valence-electron chi connectivity index (χ3n) is 3.41. The molecule has 0 aromatic heterocycles. The van der Waals surface area contributed by atoms with Crippen molar-refractivity contribution in [3.8, 4) is 5.75 Å². The maximum atomic E-state index is 12.5. The number of carbonyl (C=O) groups excluding carboxylic acids is 1. The van der Waals surface area contributed by atoms with E-state index in [1.807, 2.05) is 39.0 Å². The van der Waals surface area contributed by atoms with E-state index in [9.17, 15) is 4.79 Å². The summed E-state index contributed by atoms with van der Waals surface area (Å²) in [6, 6.07) is 10.9. The summed E-state index contributed by atoms with van der Waals surface area (Å²) in [7, 11) is 0. The molecule has 0 aliphatic heterocycles. The molecule has 0 saturated heterocycles. The monoisotopic (exact) mass is 317 g/mol. The molecule has 2 aromatic carbocycles. The average molecular weight is 318 g/mol. The maximum Gasteiger partial charge on any atom is 0.259 e. The molecule has 0 saturated carbocycles. The molecule has 0 radical (unpaired) electrons. The van der Waals surface area contributed by atoms with Gasteiger partial charge in [-0.05, 0) is 61.7 Å². The van der Waals surface area contributed by atoms with Gasteiger partial charge in [-0.25, -0.2) is 0 Å². The van der Waals surface area contributed by atoms with E-state index in [1.165, 1.54) is 5.56 Å². The number of amides is 1. The quantitative estimate of drug-likeness (QED) is 0.843. The van der Waals surface area contributed by atoms with Gasteiger partial charge in [0.05, 0.1) is 12.2 Å². The van der Waals surface area contributed by atoms with Crippen LogP contribution >= 0.6 is 11.6 Å². The third-order valence-corrected chi connectivity index (χ3v) is 3.65. The zero-order valence-electron chi connectivity index (χ0n) is 13.1. The maximum absolute atomic E-state index is 12.5. The molecule has 116 valence electrons. The lowest BCUT2D eigenvalue weighted by Crippen LogP contribution is -2.14. The highest BCUT2D eigenvalue weighted by atomic mass is 35.5. The second-order valence-electron chi connectivity index (χ2n) is 5.24. The van der Waals surface area contributed by atoms with Crippen molar-refractivity contribution in [2.24, 2.45) is 0 Å². The molecule has 0 aliphatic carbocycles. The number of benzene rings is 2. The Morgan fingerprint density at radius 1 is 1.14 bits per heavy atom. The molecule has 2 rings (SSSR count). The SMILES string of the molecule is CCCOc1ccc(Cl)cc1C(=O)Nc1ccc(C)c(C)c1. The van der Waals surface area contributed by atoms with Crippen LogP contribution in [0.4, 0.5) is 5.69 Å². The van der Waals surface area contributed by atoms with Crippen LogP contribution in [0.15, 0.2) is 36.4 Å². The Labute approximate surface area is 136 Å². The summed E-state index contributed by atoms with van der Waals surface area (Å²) in [4.78, 5) is 12.5. The predicted molar refractivity (Wildman–Crippen MR) is 91.1 cm³/mol. The van der Waals surface area contributed by atoms with E-state index in [4.69, 9.17) is 16.3 Å². The number of nitrogens with one attached hydrogen (secondary N) is 1. The number of ether oxygens (including phenoxy) is 1. The summed E-state index contributed by atoms with van der Waals surface area (Å²) < 4.78 is 5.62. The second kappa shape index (κ2) is 7.32. The van der Waals surface area contributed by atoms with Crippen LogP contribution in [-0.2, 0) is 0 Å². The minimum Gasteiger partial charge on any atom is -0.493 e. The normalized spacial score (nSPS) is 10.4. The summed E-state index contributed by atoms with van der Waals surface area (Å²) in [5.41, 5.74) is 3.52.